The molecule has 1 atom stereocenters. The zero-order chi connectivity index (χ0) is 28.8. The van der Waals surface area contributed by atoms with Gasteiger partial charge in [-0.05, 0) is 74.1 Å². The van der Waals surface area contributed by atoms with E-state index in [4.69, 9.17) is 9.72 Å². The molecule has 0 aliphatic carbocycles. The quantitative estimate of drug-likeness (QED) is 0.192. The van der Waals surface area contributed by atoms with E-state index in [1.807, 2.05) is 6.20 Å². The van der Waals surface area contributed by atoms with Crippen LogP contribution in [0.15, 0.2) is 109 Å². The van der Waals surface area contributed by atoms with Gasteiger partial charge in [0.15, 0.2) is 0 Å². The van der Waals surface area contributed by atoms with Crippen LogP contribution in [-0.4, -0.2) is 46.6 Å². The maximum Gasteiger partial charge on any atom is 0.216 e. The summed E-state index contributed by atoms with van der Waals surface area (Å²) in [5.74, 6) is 1.85. The molecule has 0 N–H and O–H groups in total. The molecule has 8 rings (SSSR count). The van der Waals surface area contributed by atoms with Gasteiger partial charge in [0.1, 0.15) is 5.82 Å². The van der Waals surface area contributed by atoms with Crippen molar-refractivity contribution in [3.05, 3.63) is 121 Å². The second kappa shape index (κ2) is 10.8. The van der Waals surface area contributed by atoms with Crippen LogP contribution in [0, 0.1) is 0 Å². The van der Waals surface area contributed by atoms with E-state index in [0.717, 1.165) is 44.0 Å². The van der Waals surface area contributed by atoms with E-state index in [0.29, 0.717) is 11.8 Å². The fourth-order valence-electron chi connectivity index (χ4n) is 6.96. The van der Waals surface area contributed by atoms with Crippen LogP contribution in [0.1, 0.15) is 23.7 Å². The Hall–Kier alpha value is -4.87. The summed E-state index contributed by atoms with van der Waals surface area (Å²) in [6.07, 6.45) is 5.72. The van der Waals surface area contributed by atoms with E-state index in [-0.39, 0.29) is 0 Å². The number of methoxy groups -OCH3 is 1. The van der Waals surface area contributed by atoms with Gasteiger partial charge in [-0.25, -0.2) is 4.98 Å². The van der Waals surface area contributed by atoms with Gasteiger partial charge in [0.25, 0.3) is 0 Å². The molecule has 7 aromatic rings. The Bertz CT molecular complexity index is 2140. The SMILES string of the molecule is COc1ccnc(C2CCN(CCc3cccnc3-c3cccc4ccc5c6ccc7ccccc7c6ccc5c34)C2)n1. The zero-order valence-corrected chi connectivity index (χ0v) is 24.2. The van der Waals surface area contributed by atoms with Crippen LogP contribution < -0.4 is 4.74 Å². The standard InChI is InChI=1S/C38H32N4O/c1-43-35-17-21-40-38(41-35)28-19-23-42(24-28)22-18-27-8-5-20-39-37(27)34-10-4-7-26-12-14-32-31-13-11-25-6-2-3-9-29(25)30(31)15-16-33(32)36(26)34/h2-17,20-21,28H,18-19,22-24H2,1H3. The first-order chi connectivity index (χ1) is 21.3. The molecule has 1 unspecified atom stereocenters. The molecular weight excluding hydrogens is 528 g/mol. The van der Waals surface area contributed by atoms with Crippen molar-refractivity contribution in [2.45, 2.75) is 18.8 Å². The van der Waals surface area contributed by atoms with E-state index in [1.165, 1.54) is 54.2 Å². The van der Waals surface area contributed by atoms with Crippen molar-refractivity contribution in [1.29, 1.82) is 0 Å². The number of pyridine rings is 1. The second-order valence-corrected chi connectivity index (χ2v) is 11.5. The third-order valence-electron chi connectivity index (χ3n) is 9.10. The molecule has 0 radical (unpaired) electrons. The molecule has 43 heavy (non-hydrogen) atoms. The summed E-state index contributed by atoms with van der Waals surface area (Å²) in [6.45, 7) is 2.98. The summed E-state index contributed by atoms with van der Waals surface area (Å²) >= 11 is 0. The Balaban J connectivity index is 1.15. The lowest BCUT2D eigenvalue weighted by molar-refractivity contribution is 0.337. The number of hydrogen-bond donors (Lipinski definition) is 0. The minimum absolute atomic E-state index is 0.333. The first-order valence-corrected chi connectivity index (χ1v) is 15.1. The van der Waals surface area contributed by atoms with Crippen LogP contribution >= 0.6 is 0 Å². The number of fused-ring (bicyclic) bond motifs is 7. The van der Waals surface area contributed by atoms with Crippen molar-refractivity contribution in [2.24, 2.45) is 0 Å². The number of aromatic nitrogens is 3. The van der Waals surface area contributed by atoms with Crippen molar-refractivity contribution in [1.82, 2.24) is 19.9 Å². The highest BCUT2D eigenvalue weighted by Crippen LogP contribution is 2.39. The summed E-state index contributed by atoms with van der Waals surface area (Å²) in [5.41, 5.74) is 3.55. The maximum atomic E-state index is 5.33. The fraction of sp³-hybridized carbons (Fsp3) is 0.184. The van der Waals surface area contributed by atoms with Gasteiger partial charge in [-0.3, -0.25) is 4.98 Å². The van der Waals surface area contributed by atoms with Gasteiger partial charge in [0.2, 0.25) is 5.88 Å². The molecule has 0 bridgehead atoms. The number of ether oxygens (including phenoxy) is 1. The van der Waals surface area contributed by atoms with Crippen molar-refractivity contribution >= 4 is 43.1 Å². The molecule has 0 amide bonds. The van der Waals surface area contributed by atoms with Crippen molar-refractivity contribution in [2.75, 3.05) is 26.7 Å². The Morgan fingerprint density at radius 1 is 0.721 bits per heavy atom. The van der Waals surface area contributed by atoms with Crippen LogP contribution in [-0.2, 0) is 6.42 Å². The van der Waals surface area contributed by atoms with E-state index >= 15 is 0 Å². The predicted molar refractivity (Wildman–Crippen MR) is 176 cm³/mol. The van der Waals surface area contributed by atoms with E-state index in [9.17, 15) is 0 Å². The third-order valence-corrected chi connectivity index (χ3v) is 9.10. The molecule has 5 nitrogen and oxygen atoms in total. The number of likely N-dealkylation sites (tertiary alicyclic amines) is 1. The average Bonchev–Trinajstić information content (AvgIpc) is 3.56. The molecule has 1 saturated heterocycles. The molecule has 5 aromatic carbocycles. The highest BCUT2D eigenvalue weighted by Gasteiger charge is 2.26. The molecule has 210 valence electrons. The molecule has 3 heterocycles. The van der Waals surface area contributed by atoms with E-state index in [2.05, 4.69) is 106 Å². The van der Waals surface area contributed by atoms with Gasteiger partial charge < -0.3 is 9.64 Å². The maximum absolute atomic E-state index is 5.33. The summed E-state index contributed by atoms with van der Waals surface area (Å²) in [4.78, 5) is 16.6. The minimum Gasteiger partial charge on any atom is -0.481 e. The number of nitrogens with zero attached hydrogens (tertiary/aromatic N) is 4. The molecule has 0 saturated carbocycles. The molecular formula is C38H32N4O. The van der Waals surface area contributed by atoms with Gasteiger partial charge >= 0.3 is 0 Å². The largest absolute Gasteiger partial charge is 0.481 e. The molecule has 1 aliphatic rings. The van der Waals surface area contributed by atoms with Gasteiger partial charge in [-0.2, -0.15) is 4.98 Å². The molecule has 5 heteroatoms. The predicted octanol–water partition coefficient (Wildman–Crippen LogP) is 8.19. The lowest BCUT2D eigenvalue weighted by atomic mass is 9.90. The molecule has 2 aromatic heterocycles. The topological polar surface area (TPSA) is 51.1 Å². The van der Waals surface area contributed by atoms with Crippen LogP contribution in [0.25, 0.3) is 54.3 Å². The van der Waals surface area contributed by atoms with Crippen LogP contribution in [0.3, 0.4) is 0 Å². The van der Waals surface area contributed by atoms with Gasteiger partial charge in [-0.15, -0.1) is 0 Å². The fourth-order valence-corrected chi connectivity index (χ4v) is 6.96. The summed E-state index contributed by atoms with van der Waals surface area (Å²) in [5, 5.41) is 10.2. The second-order valence-electron chi connectivity index (χ2n) is 11.5. The Labute approximate surface area is 250 Å². The monoisotopic (exact) mass is 560 g/mol. The Morgan fingerprint density at radius 2 is 1.51 bits per heavy atom. The Morgan fingerprint density at radius 3 is 2.44 bits per heavy atom. The lowest BCUT2D eigenvalue weighted by Gasteiger charge is -2.18. The normalized spacial score (nSPS) is 15.6. The number of hydrogen-bond acceptors (Lipinski definition) is 5. The van der Waals surface area contributed by atoms with Crippen LogP contribution in [0.2, 0.25) is 0 Å². The smallest absolute Gasteiger partial charge is 0.216 e. The van der Waals surface area contributed by atoms with Crippen LogP contribution in [0.4, 0.5) is 0 Å². The first kappa shape index (κ1) is 25.8. The summed E-state index contributed by atoms with van der Waals surface area (Å²) in [7, 11) is 1.65. The lowest BCUT2D eigenvalue weighted by Crippen LogP contribution is -2.23. The number of rotatable bonds is 6. The van der Waals surface area contributed by atoms with Gasteiger partial charge in [-0.1, -0.05) is 84.9 Å². The van der Waals surface area contributed by atoms with E-state index in [1.54, 1.807) is 19.4 Å². The molecule has 0 spiro atoms. The van der Waals surface area contributed by atoms with E-state index < -0.39 is 0 Å². The average molecular weight is 561 g/mol. The highest BCUT2D eigenvalue weighted by atomic mass is 16.5. The van der Waals surface area contributed by atoms with Gasteiger partial charge in [0.05, 0.1) is 12.8 Å². The minimum atomic E-state index is 0.333. The van der Waals surface area contributed by atoms with Crippen molar-refractivity contribution < 1.29 is 4.74 Å². The first-order valence-electron chi connectivity index (χ1n) is 15.1. The van der Waals surface area contributed by atoms with Crippen molar-refractivity contribution in [3.63, 3.8) is 0 Å². The third kappa shape index (κ3) is 4.57. The Kier molecular flexibility index (Phi) is 6.46. The number of benzene rings is 5. The highest BCUT2D eigenvalue weighted by molar-refractivity contribution is 6.24. The zero-order valence-electron chi connectivity index (χ0n) is 24.2. The summed E-state index contributed by atoms with van der Waals surface area (Å²) < 4.78 is 5.33. The molecule has 1 fully saturated rings. The molecule has 1 aliphatic heterocycles. The van der Waals surface area contributed by atoms with Crippen LogP contribution in [0.5, 0.6) is 5.88 Å². The van der Waals surface area contributed by atoms with Crippen molar-refractivity contribution in [3.8, 4) is 17.1 Å². The summed E-state index contributed by atoms with van der Waals surface area (Å²) in [6, 6.07) is 35.1. The van der Waals surface area contributed by atoms with Gasteiger partial charge in [0, 0.05) is 43.0 Å².